The van der Waals surface area contributed by atoms with E-state index in [1.54, 1.807) is 24.4 Å². The lowest BCUT2D eigenvalue weighted by molar-refractivity contribution is -0.120. The Hall–Kier alpha value is -4.12. The standard InChI is InChI=1S/C22H20N6O2/c1-30-20-7-2-15(12-16(20)13-23)19-8-9-25-22(27-19)26-17-3-5-18(6-4-17)28-11-10-24-21(29)14-28/h2-9,12H,10-11,14H2,1H3,(H,24,29)(H,25,26,27). The van der Waals surface area contributed by atoms with E-state index in [2.05, 4.69) is 26.7 Å². The summed E-state index contributed by atoms with van der Waals surface area (Å²) in [6.45, 7) is 1.80. The van der Waals surface area contributed by atoms with E-state index >= 15 is 0 Å². The Labute approximate surface area is 174 Å². The molecule has 1 saturated heterocycles. The SMILES string of the molecule is COc1ccc(-c2ccnc(Nc3ccc(N4CCNC(=O)C4)cc3)n2)cc1C#N. The first kappa shape index (κ1) is 19.2. The highest BCUT2D eigenvalue weighted by Crippen LogP contribution is 2.26. The summed E-state index contributed by atoms with van der Waals surface area (Å²) in [4.78, 5) is 22.5. The van der Waals surface area contributed by atoms with Crippen LogP contribution < -0.4 is 20.3 Å². The van der Waals surface area contributed by atoms with Gasteiger partial charge >= 0.3 is 0 Å². The van der Waals surface area contributed by atoms with Crippen LogP contribution in [0.2, 0.25) is 0 Å². The molecule has 1 fully saturated rings. The highest BCUT2D eigenvalue weighted by atomic mass is 16.5. The average Bonchev–Trinajstić information content (AvgIpc) is 2.79. The summed E-state index contributed by atoms with van der Waals surface area (Å²) in [6, 6.07) is 17.1. The number of hydrogen-bond donors (Lipinski definition) is 2. The monoisotopic (exact) mass is 400 g/mol. The van der Waals surface area contributed by atoms with Crippen LogP contribution in [0.5, 0.6) is 5.75 Å². The molecule has 0 spiro atoms. The number of hydrogen-bond acceptors (Lipinski definition) is 7. The van der Waals surface area contributed by atoms with Gasteiger partial charge in [-0.05, 0) is 48.5 Å². The van der Waals surface area contributed by atoms with Crippen molar-refractivity contribution < 1.29 is 9.53 Å². The molecule has 30 heavy (non-hydrogen) atoms. The van der Waals surface area contributed by atoms with Gasteiger partial charge in [0.1, 0.15) is 11.8 Å². The van der Waals surface area contributed by atoms with E-state index < -0.39 is 0 Å². The fraction of sp³-hybridized carbons (Fsp3) is 0.182. The molecule has 8 nitrogen and oxygen atoms in total. The Kier molecular flexibility index (Phi) is 5.44. The molecule has 8 heteroatoms. The van der Waals surface area contributed by atoms with Crippen LogP contribution in [0, 0.1) is 11.3 Å². The van der Waals surface area contributed by atoms with E-state index in [1.807, 2.05) is 35.2 Å². The predicted molar refractivity (Wildman–Crippen MR) is 114 cm³/mol. The van der Waals surface area contributed by atoms with Crippen molar-refractivity contribution in [3.8, 4) is 23.1 Å². The summed E-state index contributed by atoms with van der Waals surface area (Å²) in [7, 11) is 1.54. The highest BCUT2D eigenvalue weighted by Gasteiger charge is 2.16. The second-order valence-electron chi connectivity index (χ2n) is 6.74. The van der Waals surface area contributed by atoms with Gasteiger partial charge in [-0.3, -0.25) is 4.79 Å². The van der Waals surface area contributed by atoms with Crippen LogP contribution in [0.1, 0.15) is 5.56 Å². The molecule has 3 aromatic rings. The van der Waals surface area contributed by atoms with Gasteiger partial charge in [0.05, 0.1) is 24.9 Å². The lowest BCUT2D eigenvalue weighted by Gasteiger charge is -2.28. The third kappa shape index (κ3) is 4.15. The summed E-state index contributed by atoms with van der Waals surface area (Å²) in [5.41, 5.74) is 3.78. The van der Waals surface area contributed by atoms with Crippen molar-refractivity contribution in [3.05, 3.63) is 60.3 Å². The van der Waals surface area contributed by atoms with Crippen molar-refractivity contribution in [1.29, 1.82) is 5.26 Å². The van der Waals surface area contributed by atoms with Gasteiger partial charge in [-0.1, -0.05) is 0 Å². The van der Waals surface area contributed by atoms with E-state index in [1.165, 1.54) is 7.11 Å². The number of nitrogens with zero attached hydrogens (tertiary/aromatic N) is 4. The molecule has 1 aliphatic heterocycles. The first-order chi connectivity index (χ1) is 14.7. The third-order valence-corrected chi connectivity index (χ3v) is 4.80. The highest BCUT2D eigenvalue weighted by molar-refractivity contribution is 5.82. The maximum atomic E-state index is 11.6. The maximum absolute atomic E-state index is 11.6. The minimum Gasteiger partial charge on any atom is -0.495 e. The van der Waals surface area contributed by atoms with Crippen molar-refractivity contribution in [2.45, 2.75) is 0 Å². The fourth-order valence-corrected chi connectivity index (χ4v) is 3.28. The molecular formula is C22H20N6O2. The van der Waals surface area contributed by atoms with Crippen molar-refractivity contribution in [2.24, 2.45) is 0 Å². The third-order valence-electron chi connectivity index (χ3n) is 4.80. The maximum Gasteiger partial charge on any atom is 0.239 e. The van der Waals surface area contributed by atoms with Gasteiger partial charge in [-0.15, -0.1) is 0 Å². The van der Waals surface area contributed by atoms with Crippen molar-refractivity contribution in [3.63, 3.8) is 0 Å². The molecular weight excluding hydrogens is 380 g/mol. The van der Waals surface area contributed by atoms with Crippen LogP contribution in [0.25, 0.3) is 11.3 Å². The number of benzene rings is 2. The molecule has 4 rings (SSSR count). The normalized spacial score (nSPS) is 13.3. The van der Waals surface area contributed by atoms with E-state index in [0.717, 1.165) is 23.5 Å². The van der Waals surface area contributed by atoms with Crippen molar-refractivity contribution in [2.75, 3.05) is 37.0 Å². The molecule has 0 radical (unpaired) electrons. The summed E-state index contributed by atoms with van der Waals surface area (Å²) in [5.74, 6) is 1.01. The number of amides is 1. The van der Waals surface area contributed by atoms with E-state index in [9.17, 15) is 10.1 Å². The average molecular weight is 400 g/mol. The topological polar surface area (TPSA) is 103 Å². The van der Waals surface area contributed by atoms with Crippen molar-refractivity contribution >= 4 is 23.2 Å². The molecule has 0 saturated carbocycles. The number of anilines is 3. The van der Waals surface area contributed by atoms with Crippen LogP contribution in [0.4, 0.5) is 17.3 Å². The Balaban J connectivity index is 1.51. The van der Waals surface area contributed by atoms with Gasteiger partial charge < -0.3 is 20.3 Å². The number of ether oxygens (including phenoxy) is 1. The van der Waals surface area contributed by atoms with Crippen LogP contribution >= 0.6 is 0 Å². The van der Waals surface area contributed by atoms with E-state index in [4.69, 9.17) is 4.74 Å². The second kappa shape index (κ2) is 8.49. The molecule has 0 aliphatic carbocycles. The molecule has 150 valence electrons. The lowest BCUT2D eigenvalue weighted by atomic mass is 10.1. The number of rotatable bonds is 5. The smallest absolute Gasteiger partial charge is 0.239 e. The van der Waals surface area contributed by atoms with Gasteiger partial charge in [0, 0.05) is 36.2 Å². The Morgan fingerprint density at radius 2 is 2.03 bits per heavy atom. The van der Waals surface area contributed by atoms with Crippen LogP contribution in [-0.2, 0) is 4.79 Å². The zero-order chi connectivity index (χ0) is 20.9. The van der Waals surface area contributed by atoms with Gasteiger partial charge in [-0.25, -0.2) is 9.97 Å². The quantitative estimate of drug-likeness (QED) is 0.679. The fourth-order valence-electron chi connectivity index (χ4n) is 3.28. The summed E-state index contributed by atoms with van der Waals surface area (Å²) in [6.07, 6.45) is 1.67. The van der Waals surface area contributed by atoms with Gasteiger partial charge in [0.25, 0.3) is 0 Å². The van der Waals surface area contributed by atoms with E-state index in [0.29, 0.717) is 36.0 Å². The zero-order valence-corrected chi connectivity index (χ0v) is 16.4. The number of nitriles is 1. The Morgan fingerprint density at radius 1 is 1.20 bits per heavy atom. The number of carbonyl (C=O) groups excluding carboxylic acids is 1. The van der Waals surface area contributed by atoms with Gasteiger partial charge in [-0.2, -0.15) is 5.26 Å². The van der Waals surface area contributed by atoms with Crippen LogP contribution in [-0.4, -0.2) is 42.6 Å². The molecule has 0 unspecified atom stereocenters. The second-order valence-corrected chi connectivity index (χ2v) is 6.74. The molecule has 1 amide bonds. The molecule has 0 atom stereocenters. The molecule has 2 N–H and O–H groups in total. The molecule has 0 bridgehead atoms. The summed E-state index contributed by atoms with van der Waals surface area (Å²) >= 11 is 0. The number of carbonyl (C=O) groups is 1. The number of methoxy groups -OCH3 is 1. The zero-order valence-electron chi connectivity index (χ0n) is 16.4. The Morgan fingerprint density at radius 3 is 2.77 bits per heavy atom. The molecule has 1 aliphatic rings. The van der Waals surface area contributed by atoms with Gasteiger partial charge in [0.15, 0.2) is 0 Å². The Bertz CT molecular complexity index is 1110. The molecule has 1 aromatic heterocycles. The van der Waals surface area contributed by atoms with Crippen molar-refractivity contribution in [1.82, 2.24) is 15.3 Å². The van der Waals surface area contributed by atoms with E-state index in [-0.39, 0.29) is 5.91 Å². The summed E-state index contributed by atoms with van der Waals surface area (Å²) in [5, 5.41) is 15.3. The van der Waals surface area contributed by atoms with Crippen LogP contribution in [0.3, 0.4) is 0 Å². The first-order valence-electron chi connectivity index (χ1n) is 9.46. The predicted octanol–water partition coefficient (Wildman–Crippen LogP) is 2.70. The lowest BCUT2D eigenvalue weighted by Crippen LogP contribution is -2.47. The molecule has 2 heterocycles. The minimum atomic E-state index is 0.0340. The first-order valence-corrected chi connectivity index (χ1v) is 9.46. The summed E-state index contributed by atoms with van der Waals surface area (Å²) < 4.78 is 5.20. The minimum absolute atomic E-state index is 0.0340. The van der Waals surface area contributed by atoms with Crippen LogP contribution in [0.15, 0.2) is 54.7 Å². The number of piperazine rings is 1. The number of aromatic nitrogens is 2. The number of nitrogens with one attached hydrogen (secondary N) is 2. The largest absolute Gasteiger partial charge is 0.495 e. The molecule has 2 aromatic carbocycles. The van der Waals surface area contributed by atoms with Gasteiger partial charge in [0.2, 0.25) is 11.9 Å².